The Labute approximate surface area is 194 Å². The highest BCUT2D eigenvalue weighted by Crippen LogP contribution is 2.36. The molecular formula is C28H19NO5. The van der Waals surface area contributed by atoms with Crippen LogP contribution < -0.4 is 9.47 Å². The van der Waals surface area contributed by atoms with E-state index in [1.807, 2.05) is 42.6 Å². The van der Waals surface area contributed by atoms with Gasteiger partial charge in [-0.25, -0.2) is 4.79 Å². The van der Waals surface area contributed by atoms with Gasteiger partial charge in [-0.2, -0.15) is 0 Å². The molecule has 0 saturated carbocycles. The van der Waals surface area contributed by atoms with Crippen LogP contribution in [0.5, 0.6) is 11.5 Å². The summed E-state index contributed by atoms with van der Waals surface area (Å²) in [6, 6.07) is 21.7. The smallest absolute Gasteiger partial charge is 0.379 e. The highest BCUT2D eigenvalue weighted by molar-refractivity contribution is 6.15. The summed E-state index contributed by atoms with van der Waals surface area (Å²) in [7, 11) is 0. The number of para-hydroxylation sites is 2. The summed E-state index contributed by atoms with van der Waals surface area (Å²) in [4.78, 5) is 25.5. The zero-order chi connectivity index (χ0) is 23.2. The van der Waals surface area contributed by atoms with Crippen molar-refractivity contribution in [2.45, 2.75) is 13.5 Å². The predicted molar refractivity (Wildman–Crippen MR) is 128 cm³/mol. The molecule has 34 heavy (non-hydrogen) atoms. The van der Waals surface area contributed by atoms with Crippen LogP contribution in [0.2, 0.25) is 0 Å². The van der Waals surface area contributed by atoms with E-state index in [2.05, 4.69) is 17.6 Å². The summed E-state index contributed by atoms with van der Waals surface area (Å²) in [6.07, 6.45) is 3.77. The maximum atomic E-state index is 12.9. The molecule has 0 radical (unpaired) electrons. The number of furan rings is 1. The maximum absolute atomic E-state index is 12.9. The van der Waals surface area contributed by atoms with Gasteiger partial charge in [-0.1, -0.05) is 36.4 Å². The predicted octanol–water partition coefficient (Wildman–Crippen LogP) is 6.24. The molecule has 1 aliphatic rings. The number of esters is 1. The van der Waals surface area contributed by atoms with E-state index in [1.54, 1.807) is 36.4 Å². The molecule has 3 heterocycles. The molecule has 0 spiro atoms. The number of hydrogen-bond donors (Lipinski definition) is 0. The van der Waals surface area contributed by atoms with Gasteiger partial charge in [0, 0.05) is 40.7 Å². The van der Waals surface area contributed by atoms with Gasteiger partial charge in [0.1, 0.15) is 17.1 Å². The number of carbonyl (C=O) groups is 2. The second-order valence-corrected chi connectivity index (χ2v) is 8.02. The summed E-state index contributed by atoms with van der Waals surface area (Å²) >= 11 is 0. The van der Waals surface area contributed by atoms with Crippen molar-refractivity contribution in [3.8, 4) is 11.5 Å². The van der Waals surface area contributed by atoms with E-state index >= 15 is 0 Å². The Kier molecular flexibility index (Phi) is 4.59. The Hall–Kier alpha value is -4.58. The summed E-state index contributed by atoms with van der Waals surface area (Å²) < 4.78 is 19.1. The van der Waals surface area contributed by atoms with E-state index in [-0.39, 0.29) is 23.1 Å². The molecule has 0 unspecified atom stereocenters. The number of allylic oxidation sites excluding steroid dienone is 1. The third-order valence-corrected chi connectivity index (χ3v) is 5.93. The fourth-order valence-electron chi connectivity index (χ4n) is 4.26. The van der Waals surface area contributed by atoms with E-state index in [1.165, 1.54) is 0 Å². The molecule has 3 aromatic carbocycles. The average molecular weight is 449 g/mol. The lowest BCUT2D eigenvalue weighted by Crippen LogP contribution is -2.07. The number of benzene rings is 3. The number of fused-ring (bicyclic) bond motifs is 3. The van der Waals surface area contributed by atoms with Crippen molar-refractivity contribution in [1.82, 2.24) is 4.57 Å². The SMILES string of the molecule is CCn1cc(/C=C2\Oc3cc(OC(=O)c4cc5ccccc5o4)ccc3C2=O)c2ccccc21. The number of nitrogens with zero attached hydrogens (tertiary/aromatic N) is 1. The van der Waals surface area contributed by atoms with E-state index < -0.39 is 5.97 Å². The van der Waals surface area contributed by atoms with Gasteiger partial charge in [0.05, 0.1) is 5.56 Å². The van der Waals surface area contributed by atoms with Crippen molar-refractivity contribution in [3.05, 3.63) is 102 Å². The molecule has 0 amide bonds. The Bertz CT molecular complexity index is 1600. The normalized spacial score (nSPS) is 14.0. The third-order valence-electron chi connectivity index (χ3n) is 5.93. The third kappa shape index (κ3) is 3.28. The van der Waals surface area contributed by atoms with E-state index in [4.69, 9.17) is 13.9 Å². The van der Waals surface area contributed by atoms with Crippen LogP contribution >= 0.6 is 0 Å². The molecule has 0 aliphatic carbocycles. The number of hydrogen-bond acceptors (Lipinski definition) is 5. The molecular weight excluding hydrogens is 430 g/mol. The molecule has 6 rings (SSSR count). The van der Waals surface area contributed by atoms with Crippen LogP contribution in [0.25, 0.3) is 27.9 Å². The molecule has 0 atom stereocenters. The fourth-order valence-corrected chi connectivity index (χ4v) is 4.26. The van der Waals surface area contributed by atoms with Crippen LogP contribution in [0.4, 0.5) is 0 Å². The lowest BCUT2D eigenvalue weighted by atomic mass is 10.1. The van der Waals surface area contributed by atoms with Gasteiger partial charge in [0.25, 0.3) is 0 Å². The Morgan fingerprint density at radius 3 is 2.71 bits per heavy atom. The Balaban J connectivity index is 1.27. The molecule has 0 fully saturated rings. The van der Waals surface area contributed by atoms with E-state index in [0.717, 1.165) is 28.4 Å². The zero-order valence-corrected chi connectivity index (χ0v) is 18.3. The molecule has 2 aromatic heterocycles. The standard InChI is InChI=1S/C28H19NO5/c1-2-29-16-18(20-8-4-5-9-22(20)29)14-25-27(30)21-12-11-19(15-24(21)34-25)32-28(31)26-13-17-7-3-6-10-23(17)33-26/h3-16H,2H2,1H3/b25-14-. The van der Waals surface area contributed by atoms with Crippen molar-refractivity contribution in [2.75, 3.05) is 0 Å². The monoisotopic (exact) mass is 449 g/mol. The molecule has 0 N–H and O–H groups in total. The number of aryl methyl sites for hydroxylation is 1. The first-order chi connectivity index (χ1) is 16.6. The Morgan fingerprint density at radius 1 is 1.03 bits per heavy atom. The van der Waals surface area contributed by atoms with Crippen molar-refractivity contribution < 1.29 is 23.5 Å². The molecule has 5 aromatic rings. The Morgan fingerprint density at radius 2 is 1.85 bits per heavy atom. The van der Waals surface area contributed by atoms with Crippen molar-refractivity contribution in [1.29, 1.82) is 0 Å². The minimum Gasteiger partial charge on any atom is -0.452 e. The number of ether oxygens (including phenoxy) is 2. The van der Waals surface area contributed by atoms with E-state index in [9.17, 15) is 9.59 Å². The highest BCUT2D eigenvalue weighted by Gasteiger charge is 2.28. The molecule has 0 saturated heterocycles. The van der Waals surface area contributed by atoms with Crippen LogP contribution in [-0.2, 0) is 6.54 Å². The minimum absolute atomic E-state index is 0.103. The van der Waals surface area contributed by atoms with Gasteiger partial charge in [-0.15, -0.1) is 0 Å². The van der Waals surface area contributed by atoms with E-state index in [0.29, 0.717) is 16.9 Å². The fraction of sp³-hybridized carbons (Fsp3) is 0.0714. The van der Waals surface area contributed by atoms with Crippen LogP contribution in [0.3, 0.4) is 0 Å². The number of rotatable bonds is 4. The summed E-state index contributed by atoms with van der Waals surface area (Å²) in [5.74, 6) is 0.120. The first kappa shape index (κ1) is 20.1. The quantitative estimate of drug-likeness (QED) is 0.184. The second kappa shape index (κ2) is 7.78. The summed E-state index contributed by atoms with van der Waals surface area (Å²) in [5, 5.41) is 1.86. The minimum atomic E-state index is -0.622. The van der Waals surface area contributed by atoms with Gasteiger partial charge >= 0.3 is 5.97 Å². The van der Waals surface area contributed by atoms with Gasteiger partial charge in [-0.3, -0.25) is 4.79 Å². The molecule has 0 bridgehead atoms. The average Bonchev–Trinajstić information content (AvgIpc) is 3.53. The van der Waals surface area contributed by atoms with Crippen LogP contribution in [0.1, 0.15) is 33.4 Å². The number of carbonyl (C=O) groups excluding carboxylic acids is 2. The first-order valence-corrected chi connectivity index (χ1v) is 11.0. The molecule has 6 nitrogen and oxygen atoms in total. The molecule has 166 valence electrons. The highest BCUT2D eigenvalue weighted by atomic mass is 16.5. The van der Waals surface area contributed by atoms with Gasteiger partial charge in [0.15, 0.2) is 5.76 Å². The maximum Gasteiger partial charge on any atom is 0.379 e. The summed E-state index contributed by atoms with van der Waals surface area (Å²) in [6.45, 7) is 2.89. The zero-order valence-electron chi connectivity index (χ0n) is 18.3. The van der Waals surface area contributed by atoms with Crippen LogP contribution in [-0.4, -0.2) is 16.3 Å². The second-order valence-electron chi connectivity index (χ2n) is 8.02. The van der Waals surface area contributed by atoms with Crippen LogP contribution in [0.15, 0.2) is 89.2 Å². The lowest BCUT2D eigenvalue weighted by Gasteiger charge is -2.04. The van der Waals surface area contributed by atoms with Gasteiger partial charge in [-0.05, 0) is 43.3 Å². The van der Waals surface area contributed by atoms with Gasteiger partial charge < -0.3 is 18.5 Å². The van der Waals surface area contributed by atoms with Gasteiger partial charge in [0.2, 0.25) is 11.5 Å². The van der Waals surface area contributed by atoms with Crippen LogP contribution in [0, 0.1) is 0 Å². The van der Waals surface area contributed by atoms with Crippen molar-refractivity contribution in [3.63, 3.8) is 0 Å². The molecule has 1 aliphatic heterocycles. The van der Waals surface area contributed by atoms with Crippen molar-refractivity contribution >= 4 is 39.7 Å². The topological polar surface area (TPSA) is 70.7 Å². The summed E-state index contributed by atoms with van der Waals surface area (Å²) in [5.41, 5.74) is 3.04. The molecule has 6 heteroatoms. The first-order valence-electron chi connectivity index (χ1n) is 11.0. The number of Topliss-reactive ketones (excluding diaryl/α,β-unsaturated/α-hetero) is 1. The largest absolute Gasteiger partial charge is 0.452 e. The van der Waals surface area contributed by atoms with Crippen molar-refractivity contribution in [2.24, 2.45) is 0 Å². The number of aromatic nitrogens is 1. The number of ketones is 1. The lowest BCUT2D eigenvalue weighted by molar-refractivity contribution is 0.0703.